The number of pyridine rings is 1. The van der Waals surface area contributed by atoms with E-state index in [0.29, 0.717) is 12.3 Å². The molecule has 0 saturated carbocycles. The Kier molecular flexibility index (Phi) is 8.94. The second kappa shape index (κ2) is 12.3. The zero-order chi connectivity index (χ0) is 25.5. The maximum atomic E-state index is 11.6. The fourth-order valence-corrected chi connectivity index (χ4v) is 5.55. The molecule has 1 aliphatic heterocycles. The minimum atomic E-state index is -0.737. The van der Waals surface area contributed by atoms with Gasteiger partial charge in [0.05, 0.1) is 18.7 Å². The Bertz CT molecular complexity index is 1150. The molecule has 3 atom stereocenters. The van der Waals surface area contributed by atoms with E-state index in [1.165, 1.54) is 11.1 Å². The molecule has 3 aromatic rings. The van der Waals surface area contributed by atoms with Crippen LogP contribution < -0.4 is 4.74 Å². The van der Waals surface area contributed by atoms with Crippen LogP contribution in [-0.4, -0.2) is 52.8 Å². The highest BCUT2D eigenvalue weighted by Crippen LogP contribution is 2.34. The second-order valence-corrected chi connectivity index (χ2v) is 10.2. The van der Waals surface area contributed by atoms with Gasteiger partial charge in [0.1, 0.15) is 5.75 Å². The molecule has 0 radical (unpaired) electrons. The van der Waals surface area contributed by atoms with Gasteiger partial charge in [-0.15, -0.1) is 0 Å². The fourth-order valence-electron chi connectivity index (χ4n) is 5.55. The molecule has 0 unspecified atom stereocenters. The van der Waals surface area contributed by atoms with Crippen LogP contribution in [-0.2, 0) is 11.2 Å². The summed E-state index contributed by atoms with van der Waals surface area (Å²) in [6, 6.07) is 16.3. The van der Waals surface area contributed by atoms with E-state index in [1.54, 1.807) is 13.3 Å². The number of carboxylic acid groups (broad SMARTS) is 1. The van der Waals surface area contributed by atoms with Gasteiger partial charge in [-0.3, -0.25) is 9.78 Å². The molecule has 1 fully saturated rings. The van der Waals surface area contributed by atoms with E-state index in [-0.39, 0.29) is 12.3 Å². The number of fused-ring (bicyclic) bond motifs is 1. The van der Waals surface area contributed by atoms with Gasteiger partial charge < -0.3 is 19.8 Å². The number of aromatic nitrogens is 1. The molecule has 2 aromatic carbocycles. The van der Waals surface area contributed by atoms with Crippen LogP contribution in [0, 0.1) is 18.8 Å². The van der Waals surface area contributed by atoms with E-state index >= 15 is 0 Å². The van der Waals surface area contributed by atoms with Crippen molar-refractivity contribution >= 4 is 16.9 Å². The average Bonchev–Trinajstić information content (AvgIpc) is 2.88. The van der Waals surface area contributed by atoms with E-state index in [4.69, 9.17) is 4.74 Å². The molecule has 0 spiro atoms. The summed E-state index contributed by atoms with van der Waals surface area (Å²) in [6.07, 6.45) is 5.79. The zero-order valence-corrected chi connectivity index (χ0v) is 21.4. The highest BCUT2D eigenvalue weighted by Gasteiger charge is 2.31. The van der Waals surface area contributed by atoms with E-state index in [1.807, 2.05) is 24.3 Å². The van der Waals surface area contributed by atoms with Crippen LogP contribution in [0.1, 0.15) is 54.9 Å². The normalized spacial score (nSPS) is 19.3. The Morgan fingerprint density at radius 3 is 2.72 bits per heavy atom. The number of nitrogens with zero attached hydrogens (tertiary/aromatic N) is 2. The van der Waals surface area contributed by atoms with Crippen LogP contribution in [0.2, 0.25) is 0 Å². The molecular formula is C30H38N2O4. The lowest BCUT2D eigenvalue weighted by molar-refractivity contribution is -0.139. The van der Waals surface area contributed by atoms with Crippen molar-refractivity contribution in [1.82, 2.24) is 9.88 Å². The highest BCUT2D eigenvalue weighted by molar-refractivity contribution is 5.83. The molecule has 1 aromatic heterocycles. The molecule has 0 aliphatic carbocycles. The summed E-state index contributed by atoms with van der Waals surface area (Å²) in [5, 5.41) is 21.5. The molecule has 1 aliphatic rings. The van der Waals surface area contributed by atoms with Gasteiger partial charge in [-0.1, -0.05) is 29.8 Å². The molecule has 2 heterocycles. The molecule has 1 saturated heterocycles. The van der Waals surface area contributed by atoms with E-state index in [2.05, 4.69) is 41.1 Å². The first kappa shape index (κ1) is 26.1. The number of likely N-dealkylation sites (tertiary alicyclic amines) is 1. The zero-order valence-electron chi connectivity index (χ0n) is 21.4. The summed E-state index contributed by atoms with van der Waals surface area (Å²) in [5.74, 6) is 0.406. The van der Waals surface area contributed by atoms with Crippen molar-refractivity contribution in [2.75, 3.05) is 26.7 Å². The minimum Gasteiger partial charge on any atom is -0.497 e. The summed E-state index contributed by atoms with van der Waals surface area (Å²) < 4.78 is 5.36. The summed E-state index contributed by atoms with van der Waals surface area (Å²) in [6.45, 7) is 4.90. The van der Waals surface area contributed by atoms with Crippen molar-refractivity contribution in [3.63, 3.8) is 0 Å². The predicted octanol–water partition coefficient (Wildman–Crippen LogP) is 5.41. The van der Waals surface area contributed by atoms with Crippen LogP contribution in [0.5, 0.6) is 5.75 Å². The van der Waals surface area contributed by atoms with Crippen molar-refractivity contribution in [2.24, 2.45) is 11.8 Å². The molecular weight excluding hydrogens is 452 g/mol. The number of aliphatic carboxylic acids is 1. The highest BCUT2D eigenvalue weighted by atomic mass is 16.5. The minimum absolute atomic E-state index is 0.108. The van der Waals surface area contributed by atoms with Crippen LogP contribution >= 0.6 is 0 Å². The third kappa shape index (κ3) is 6.83. The lowest BCUT2D eigenvalue weighted by Crippen LogP contribution is -2.42. The van der Waals surface area contributed by atoms with E-state index < -0.39 is 12.1 Å². The SMILES string of the molecule is COc1ccc2nccc([C@H](O)CC[C@@H]3CCN(CCCc4ccc(C)cc4)C[C@@H]3CC(=O)O)c2c1. The molecule has 0 bridgehead atoms. The maximum absolute atomic E-state index is 11.6. The third-order valence-corrected chi connectivity index (χ3v) is 7.63. The maximum Gasteiger partial charge on any atom is 0.303 e. The van der Waals surface area contributed by atoms with Crippen molar-refractivity contribution in [3.05, 3.63) is 71.4 Å². The number of piperidine rings is 1. The van der Waals surface area contributed by atoms with Gasteiger partial charge in [0, 0.05) is 24.5 Å². The molecule has 6 heteroatoms. The number of carbonyl (C=O) groups is 1. The number of hydrogen-bond acceptors (Lipinski definition) is 5. The van der Waals surface area contributed by atoms with Crippen molar-refractivity contribution < 1.29 is 19.7 Å². The van der Waals surface area contributed by atoms with Crippen molar-refractivity contribution in [3.8, 4) is 5.75 Å². The topological polar surface area (TPSA) is 82.9 Å². The largest absolute Gasteiger partial charge is 0.497 e. The summed E-state index contributed by atoms with van der Waals surface area (Å²) in [4.78, 5) is 18.5. The Morgan fingerprint density at radius 2 is 1.97 bits per heavy atom. The molecule has 192 valence electrons. The summed E-state index contributed by atoms with van der Waals surface area (Å²) >= 11 is 0. The Balaban J connectivity index is 1.34. The standard InChI is InChI=1S/C30H38N2O4/c1-21-5-7-22(8-6-21)4-3-16-32-17-14-23(24(20-32)18-30(34)35)9-12-29(33)26-13-15-31-28-11-10-25(36-2)19-27(26)28/h5-8,10-11,13,15,19,23-24,29,33H,3-4,9,12,14,16-18,20H2,1-2H3,(H,34,35)/t23-,24+,29-/m1/s1. The van der Waals surface area contributed by atoms with Gasteiger partial charge in [-0.2, -0.15) is 0 Å². The van der Waals surface area contributed by atoms with Gasteiger partial charge >= 0.3 is 5.97 Å². The number of rotatable bonds is 11. The van der Waals surface area contributed by atoms with Gasteiger partial charge in [-0.25, -0.2) is 0 Å². The smallest absolute Gasteiger partial charge is 0.303 e. The number of aryl methyl sites for hydroxylation is 2. The fraction of sp³-hybridized carbons (Fsp3) is 0.467. The third-order valence-electron chi connectivity index (χ3n) is 7.63. The Labute approximate surface area is 213 Å². The molecule has 6 nitrogen and oxygen atoms in total. The molecule has 0 amide bonds. The lowest BCUT2D eigenvalue weighted by Gasteiger charge is -2.38. The van der Waals surface area contributed by atoms with Gasteiger partial charge in [0.2, 0.25) is 0 Å². The first-order valence-corrected chi connectivity index (χ1v) is 13.0. The van der Waals surface area contributed by atoms with Crippen molar-refractivity contribution in [2.45, 2.75) is 51.6 Å². The number of benzene rings is 2. The quantitative estimate of drug-likeness (QED) is 0.374. The van der Waals surface area contributed by atoms with E-state index in [9.17, 15) is 15.0 Å². The Hall–Kier alpha value is -2.96. The van der Waals surface area contributed by atoms with E-state index in [0.717, 1.165) is 67.5 Å². The van der Waals surface area contributed by atoms with Crippen LogP contribution in [0.15, 0.2) is 54.7 Å². The number of ether oxygens (including phenoxy) is 1. The molecule has 36 heavy (non-hydrogen) atoms. The summed E-state index contributed by atoms with van der Waals surface area (Å²) in [5.41, 5.74) is 4.31. The number of methoxy groups -OCH3 is 1. The monoisotopic (exact) mass is 490 g/mol. The predicted molar refractivity (Wildman–Crippen MR) is 142 cm³/mol. The van der Waals surface area contributed by atoms with Crippen LogP contribution in [0.4, 0.5) is 0 Å². The van der Waals surface area contributed by atoms with Gasteiger partial charge in [0.25, 0.3) is 0 Å². The van der Waals surface area contributed by atoms with Crippen LogP contribution in [0.3, 0.4) is 0 Å². The number of aliphatic hydroxyl groups excluding tert-OH is 1. The van der Waals surface area contributed by atoms with Gasteiger partial charge in [-0.05, 0) is 99.3 Å². The number of hydrogen-bond donors (Lipinski definition) is 2. The summed E-state index contributed by atoms with van der Waals surface area (Å²) in [7, 11) is 1.63. The Morgan fingerprint density at radius 1 is 1.17 bits per heavy atom. The first-order valence-electron chi connectivity index (χ1n) is 13.0. The lowest BCUT2D eigenvalue weighted by atomic mass is 9.79. The second-order valence-electron chi connectivity index (χ2n) is 10.2. The number of carboxylic acids is 1. The first-order chi connectivity index (χ1) is 17.4. The number of aliphatic hydroxyl groups is 1. The molecule has 4 rings (SSSR count). The van der Waals surface area contributed by atoms with Gasteiger partial charge in [0.15, 0.2) is 0 Å². The van der Waals surface area contributed by atoms with Crippen molar-refractivity contribution in [1.29, 1.82) is 0 Å². The average molecular weight is 491 g/mol. The van der Waals surface area contributed by atoms with Crippen LogP contribution in [0.25, 0.3) is 10.9 Å². The molecule has 2 N–H and O–H groups in total.